The number of hydrogen-bond acceptors (Lipinski definition) is 5. The molecule has 0 aliphatic rings. The van der Waals surface area contributed by atoms with Crippen LogP contribution in [0.1, 0.15) is 0 Å². The van der Waals surface area contributed by atoms with Crippen LogP contribution in [0, 0.1) is 11.6 Å². The smallest absolute Gasteiger partial charge is 0.250 e. The van der Waals surface area contributed by atoms with Crippen LogP contribution in [-0.4, -0.2) is 25.0 Å². The summed E-state index contributed by atoms with van der Waals surface area (Å²) in [6.07, 6.45) is 0. The molecule has 0 heterocycles. The van der Waals surface area contributed by atoms with Gasteiger partial charge in [0.1, 0.15) is 24.8 Å². The van der Waals surface area contributed by atoms with Gasteiger partial charge in [0.25, 0.3) is 0 Å². The first kappa shape index (κ1) is 18.1. The Morgan fingerprint density at radius 2 is 1.24 bits per heavy atom. The predicted octanol–water partition coefficient (Wildman–Crippen LogP) is 1.72. The number of nitrogens with one attached hydrogen (secondary N) is 2. The summed E-state index contributed by atoms with van der Waals surface area (Å²) in [7, 11) is 0. The summed E-state index contributed by atoms with van der Waals surface area (Å²) in [5.41, 5.74) is 11.7. The third-order valence-electron chi connectivity index (χ3n) is 3.04. The van der Waals surface area contributed by atoms with Gasteiger partial charge in [-0.25, -0.2) is 8.78 Å². The summed E-state index contributed by atoms with van der Waals surface area (Å²) >= 11 is 0. The molecule has 0 saturated carbocycles. The Hall–Kier alpha value is -3.20. The van der Waals surface area contributed by atoms with Crippen molar-refractivity contribution in [3.63, 3.8) is 0 Å². The predicted molar refractivity (Wildman–Crippen MR) is 89.7 cm³/mol. The third-order valence-corrected chi connectivity index (χ3v) is 3.04. The molecule has 6 N–H and O–H groups in total. The zero-order chi connectivity index (χ0) is 18.4. The highest BCUT2D eigenvalue weighted by Crippen LogP contribution is 2.19. The second kappa shape index (κ2) is 8.06. The molecule has 9 heteroatoms. The molecule has 0 fully saturated rings. The molecule has 0 radical (unpaired) electrons. The first-order valence-electron chi connectivity index (χ1n) is 7.12. The molecule has 2 amide bonds. The lowest BCUT2D eigenvalue weighted by Crippen LogP contribution is -2.24. The summed E-state index contributed by atoms with van der Waals surface area (Å²) in [6, 6.07) is 7.05. The van der Waals surface area contributed by atoms with Gasteiger partial charge in [-0.15, -0.1) is 0 Å². The van der Waals surface area contributed by atoms with E-state index in [1.165, 1.54) is 12.1 Å². The van der Waals surface area contributed by atoms with Crippen LogP contribution in [0.15, 0.2) is 36.4 Å². The fraction of sp³-hybridized carbons (Fsp3) is 0.125. The quantitative estimate of drug-likeness (QED) is 0.592. The maximum atomic E-state index is 12.9. The van der Waals surface area contributed by atoms with E-state index in [1.807, 2.05) is 0 Å². The Balaban J connectivity index is 1.77. The molecule has 0 aliphatic heterocycles. The molecule has 25 heavy (non-hydrogen) atoms. The maximum absolute atomic E-state index is 12.9. The van der Waals surface area contributed by atoms with Gasteiger partial charge in [-0.3, -0.25) is 9.59 Å². The minimum Gasteiger partial charge on any atom is -0.397 e. The lowest BCUT2D eigenvalue weighted by atomic mass is 10.2. The van der Waals surface area contributed by atoms with E-state index >= 15 is 0 Å². The van der Waals surface area contributed by atoms with Crippen molar-refractivity contribution in [2.75, 3.05) is 35.3 Å². The van der Waals surface area contributed by atoms with Gasteiger partial charge in [0.2, 0.25) is 11.8 Å². The van der Waals surface area contributed by atoms with E-state index in [-0.39, 0.29) is 22.7 Å². The molecule has 7 nitrogen and oxygen atoms in total. The number of benzene rings is 2. The normalized spacial score (nSPS) is 10.3. The molecule has 0 saturated heterocycles. The number of ether oxygens (including phenoxy) is 1. The number of carbonyl (C=O) groups excluding carboxylic acids is 2. The second-order valence-electron chi connectivity index (χ2n) is 5.05. The number of rotatable bonds is 6. The van der Waals surface area contributed by atoms with Crippen LogP contribution in [-0.2, 0) is 14.3 Å². The van der Waals surface area contributed by atoms with Crippen molar-refractivity contribution < 1.29 is 23.1 Å². The van der Waals surface area contributed by atoms with E-state index in [0.29, 0.717) is 0 Å². The van der Waals surface area contributed by atoms with Crippen LogP contribution in [0.5, 0.6) is 0 Å². The van der Waals surface area contributed by atoms with Crippen LogP contribution in [0.3, 0.4) is 0 Å². The van der Waals surface area contributed by atoms with Gasteiger partial charge in [-0.1, -0.05) is 0 Å². The van der Waals surface area contributed by atoms with Gasteiger partial charge in [0.15, 0.2) is 0 Å². The van der Waals surface area contributed by atoms with E-state index in [4.69, 9.17) is 16.2 Å². The average molecular weight is 350 g/mol. The first-order chi connectivity index (χ1) is 11.8. The molecule has 2 aromatic rings. The van der Waals surface area contributed by atoms with Crippen LogP contribution >= 0.6 is 0 Å². The van der Waals surface area contributed by atoms with Gasteiger partial charge < -0.3 is 26.8 Å². The SMILES string of the molecule is Nc1cc(F)ccc1NC(=O)COCC(=O)Nc1ccc(F)cc1N. The lowest BCUT2D eigenvalue weighted by Gasteiger charge is -2.10. The summed E-state index contributed by atoms with van der Waals surface area (Å²) in [6.45, 7) is -0.827. The van der Waals surface area contributed by atoms with Crippen LogP contribution < -0.4 is 22.1 Å². The molecular weight excluding hydrogens is 334 g/mol. The van der Waals surface area contributed by atoms with Gasteiger partial charge >= 0.3 is 0 Å². The molecule has 132 valence electrons. The van der Waals surface area contributed by atoms with Gasteiger partial charge in [0, 0.05) is 0 Å². The number of amides is 2. The van der Waals surface area contributed by atoms with E-state index in [0.717, 1.165) is 24.3 Å². The summed E-state index contributed by atoms with van der Waals surface area (Å²) in [4.78, 5) is 23.4. The third kappa shape index (κ3) is 5.43. The number of nitrogens with two attached hydrogens (primary N) is 2. The number of hydrogen-bond donors (Lipinski definition) is 4. The van der Waals surface area contributed by atoms with Crippen LogP contribution in [0.25, 0.3) is 0 Å². The molecule has 2 rings (SSSR count). The Morgan fingerprint density at radius 3 is 1.60 bits per heavy atom. The Labute approximate surface area is 141 Å². The zero-order valence-corrected chi connectivity index (χ0v) is 13.0. The van der Waals surface area contributed by atoms with E-state index in [2.05, 4.69) is 10.6 Å². The highest BCUT2D eigenvalue weighted by Gasteiger charge is 2.09. The molecule has 0 aromatic heterocycles. The molecule has 0 atom stereocenters. The Bertz CT molecular complexity index is 733. The first-order valence-corrected chi connectivity index (χ1v) is 7.12. The van der Waals surface area contributed by atoms with Crippen LogP contribution in [0.2, 0.25) is 0 Å². The second-order valence-corrected chi connectivity index (χ2v) is 5.05. The van der Waals surface area contributed by atoms with Gasteiger partial charge in [0.05, 0.1) is 22.7 Å². The fourth-order valence-electron chi connectivity index (χ4n) is 1.90. The van der Waals surface area contributed by atoms with E-state index in [9.17, 15) is 18.4 Å². The monoisotopic (exact) mass is 350 g/mol. The number of nitrogen functional groups attached to an aromatic ring is 2. The van der Waals surface area contributed by atoms with E-state index in [1.54, 1.807) is 0 Å². The zero-order valence-electron chi connectivity index (χ0n) is 13.0. The number of carbonyl (C=O) groups is 2. The largest absolute Gasteiger partial charge is 0.397 e. The average Bonchev–Trinajstić information content (AvgIpc) is 2.53. The molecule has 0 unspecified atom stereocenters. The fourth-order valence-corrected chi connectivity index (χ4v) is 1.90. The maximum Gasteiger partial charge on any atom is 0.250 e. The summed E-state index contributed by atoms with van der Waals surface area (Å²) in [5, 5.41) is 4.85. The van der Waals surface area contributed by atoms with Gasteiger partial charge in [-0.05, 0) is 36.4 Å². The van der Waals surface area contributed by atoms with E-state index < -0.39 is 36.7 Å². The topological polar surface area (TPSA) is 119 Å². The van der Waals surface area contributed by atoms with Crippen molar-refractivity contribution >= 4 is 34.6 Å². The highest BCUT2D eigenvalue weighted by molar-refractivity contribution is 5.96. The molecule has 0 bridgehead atoms. The lowest BCUT2D eigenvalue weighted by molar-refractivity contribution is -0.125. The summed E-state index contributed by atoms with van der Waals surface area (Å²) in [5.74, 6) is -2.17. The van der Waals surface area contributed by atoms with Crippen molar-refractivity contribution in [2.45, 2.75) is 0 Å². The van der Waals surface area contributed by atoms with Crippen LogP contribution in [0.4, 0.5) is 31.5 Å². The molecule has 0 aliphatic carbocycles. The highest BCUT2D eigenvalue weighted by atomic mass is 19.1. The minimum atomic E-state index is -0.563. The van der Waals surface area contributed by atoms with Crippen molar-refractivity contribution in [1.29, 1.82) is 0 Å². The Kier molecular flexibility index (Phi) is 5.85. The standard InChI is InChI=1S/C16H16F2N4O3/c17-9-1-3-13(11(19)5-9)21-15(23)7-25-8-16(24)22-14-4-2-10(18)6-12(14)20/h1-6H,7-8,19-20H2,(H,21,23)(H,22,24). The van der Waals surface area contributed by atoms with Crippen molar-refractivity contribution in [2.24, 2.45) is 0 Å². The van der Waals surface area contributed by atoms with Crippen molar-refractivity contribution in [1.82, 2.24) is 0 Å². The minimum absolute atomic E-state index is 0.0675. The molecule has 0 spiro atoms. The molecule has 2 aromatic carbocycles. The van der Waals surface area contributed by atoms with Gasteiger partial charge in [-0.2, -0.15) is 0 Å². The number of halogens is 2. The summed E-state index contributed by atoms with van der Waals surface area (Å²) < 4.78 is 30.8. The Morgan fingerprint density at radius 1 is 0.840 bits per heavy atom. The molecular formula is C16H16F2N4O3. The van der Waals surface area contributed by atoms with Crippen molar-refractivity contribution in [3.05, 3.63) is 48.0 Å². The van der Waals surface area contributed by atoms with Crippen molar-refractivity contribution in [3.8, 4) is 0 Å². The number of anilines is 4.